The van der Waals surface area contributed by atoms with Gasteiger partial charge >= 0.3 is 0 Å². The summed E-state index contributed by atoms with van der Waals surface area (Å²) >= 11 is 0. The molecule has 27 heavy (non-hydrogen) atoms. The molecule has 2 aliphatic rings. The molecule has 0 aromatic carbocycles. The maximum Gasteiger partial charge on any atom is 0.164 e. The fourth-order valence-corrected chi connectivity index (χ4v) is 7.49. The second kappa shape index (κ2) is 8.51. The summed E-state index contributed by atoms with van der Waals surface area (Å²) in [4.78, 5) is 0. The van der Waals surface area contributed by atoms with Crippen molar-refractivity contribution in [1.29, 1.82) is 0 Å². The Morgan fingerprint density at radius 2 is 1.19 bits per heavy atom. The minimum atomic E-state index is -3.38. The number of sulfone groups is 1. The average Bonchev–Trinajstić information content (AvgIpc) is 2.62. The molecular formula is C24H38O2S. The van der Waals surface area contributed by atoms with Gasteiger partial charge in [0.05, 0.1) is 10.5 Å². The van der Waals surface area contributed by atoms with E-state index in [2.05, 4.69) is 52.0 Å². The summed E-state index contributed by atoms with van der Waals surface area (Å²) in [6.45, 7) is 12.6. The molecule has 0 saturated carbocycles. The second-order valence-corrected chi connectivity index (χ2v) is 11.3. The molecule has 2 rings (SSSR count). The van der Waals surface area contributed by atoms with Gasteiger partial charge in [-0.15, -0.1) is 0 Å². The number of hydrogen-bond donors (Lipinski definition) is 0. The maximum absolute atomic E-state index is 14.0. The molecule has 0 aromatic rings. The molecule has 152 valence electrons. The minimum absolute atomic E-state index is 0.330. The van der Waals surface area contributed by atoms with Crippen LogP contribution in [0.25, 0.3) is 0 Å². The van der Waals surface area contributed by atoms with Crippen LogP contribution in [0, 0.1) is 10.8 Å². The van der Waals surface area contributed by atoms with Crippen molar-refractivity contribution in [3.05, 3.63) is 47.6 Å². The first-order valence-corrected chi connectivity index (χ1v) is 12.2. The third kappa shape index (κ3) is 4.67. The van der Waals surface area contributed by atoms with Crippen LogP contribution >= 0.6 is 0 Å². The van der Waals surface area contributed by atoms with E-state index >= 15 is 0 Å². The standard InChI is InChI=1S/C24H38O2S/c1-7-9-13-23(5)15-11-19(3)17-21(23)27(25,26)22-18-20(4)12-16-24(22,6)14-10-8-2/h11-12,15-18,21-22H,7-10,13-14H2,1-6H3. The first-order valence-electron chi connectivity index (χ1n) is 10.6. The van der Waals surface area contributed by atoms with Crippen molar-refractivity contribution in [2.24, 2.45) is 10.8 Å². The lowest BCUT2D eigenvalue weighted by Crippen LogP contribution is -2.48. The van der Waals surface area contributed by atoms with E-state index in [1.165, 1.54) is 0 Å². The van der Waals surface area contributed by atoms with Crippen molar-refractivity contribution in [3.8, 4) is 0 Å². The molecule has 0 N–H and O–H groups in total. The Morgan fingerprint density at radius 1 is 0.815 bits per heavy atom. The largest absolute Gasteiger partial charge is 0.228 e. The summed E-state index contributed by atoms with van der Waals surface area (Å²) in [6.07, 6.45) is 18.6. The van der Waals surface area contributed by atoms with Gasteiger partial charge in [-0.25, -0.2) is 8.42 Å². The predicted molar refractivity (Wildman–Crippen MR) is 118 cm³/mol. The van der Waals surface area contributed by atoms with Crippen molar-refractivity contribution in [2.45, 2.75) is 90.6 Å². The van der Waals surface area contributed by atoms with Gasteiger partial charge < -0.3 is 0 Å². The Labute approximate surface area is 167 Å². The Morgan fingerprint density at radius 3 is 1.52 bits per heavy atom. The summed E-state index contributed by atoms with van der Waals surface area (Å²) in [5.74, 6) is 0. The number of hydrogen-bond acceptors (Lipinski definition) is 2. The van der Waals surface area contributed by atoms with Crippen molar-refractivity contribution in [2.75, 3.05) is 0 Å². The summed E-state index contributed by atoms with van der Waals surface area (Å²) < 4.78 is 28.1. The van der Waals surface area contributed by atoms with Crippen LogP contribution in [0.1, 0.15) is 80.1 Å². The molecule has 0 spiro atoms. The summed E-state index contributed by atoms with van der Waals surface area (Å²) in [5.41, 5.74) is 1.45. The lowest BCUT2D eigenvalue weighted by Gasteiger charge is -2.42. The molecular weight excluding hydrogens is 352 g/mol. The molecule has 0 bridgehead atoms. The van der Waals surface area contributed by atoms with E-state index < -0.39 is 20.3 Å². The van der Waals surface area contributed by atoms with Crippen molar-refractivity contribution in [1.82, 2.24) is 0 Å². The summed E-state index contributed by atoms with van der Waals surface area (Å²) in [5, 5.41) is -0.911. The highest BCUT2D eigenvalue weighted by Gasteiger charge is 2.49. The minimum Gasteiger partial charge on any atom is -0.228 e. The van der Waals surface area contributed by atoms with Gasteiger partial charge in [0.2, 0.25) is 0 Å². The van der Waals surface area contributed by atoms with E-state index in [0.717, 1.165) is 49.7 Å². The highest BCUT2D eigenvalue weighted by Crippen LogP contribution is 2.46. The van der Waals surface area contributed by atoms with Crippen LogP contribution in [0.2, 0.25) is 0 Å². The Hall–Kier alpha value is -1.09. The van der Waals surface area contributed by atoms with E-state index in [-0.39, 0.29) is 10.8 Å². The van der Waals surface area contributed by atoms with Crippen LogP contribution in [-0.2, 0) is 9.84 Å². The van der Waals surface area contributed by atoms with Crippen LogP contribution < -0.4 is 0 Å². The third-order valence-corrected chi connectivity index (χ3v) is 9.19. The van der Waals surface area contributed by atoms with Gasteiger partial charge in [0.25, 0.3) is 0 Å². The molecule has 2 aliphatic carbocycles. The van der Waals surface area contributed by atoms with Crippen LogP contribution in [0.3, 0.4) is 0 Å². The van der Waals surface area contributed by atoms with E-state index in [1.54, 1.807) is 0 Å². The molecule has 4 unspecified atom stereocenters. The lowest BCUT2D eigenvalue weighted by atomic mass is 9.77. The molecule has 0 heterocycles. The van der Waals surface area contributed by atoms with Crippen LogP contribution in [-0.4, -0.2) is 18.9 Å². The zero-order chi connectivity index (χ0) is 20.3. The van der Waals surface area contributed by atoms with Gasteiger partial charge in [-0.3, -0.25) is 0 Å². The molecule has 0 aliphatic heterocycles. The van der Waals surface area contributed by atoms with Crippen LogP contribution in [0.15, 0.2) is 47.6 Å². The fourth-order valence-electron chi connectivity index (χ4n) is 4.47. The molecule has 0 aromatic heterocycles. The van der Waals surface area contributed by atoms with E-state index in [4.69, 9.17) is 0 Å². The van der Waals surface area contributed by atoms with Gasteiger partial charge in [-0.1, -0.05) is 101 Å². The van der Waals surface area contributed by atoms with Gasteiger partial charge in [0.15, 0.2) is 9.84 Å². The fraction of sp³-hybridized carbons (Fsp3) is 0.667. The zero-order valence-corrected chi connectivity index (χ0v) is 18.9. The smallest absolute Gasteiger partial charge is 0.164 e. The predicted octanol–water partition coefficient (Wildman–Crippen LogP) is 6.56. The zero-order valence-electron chi connectivity index (χ0n) is 18.1. The molecule has 0 radical (unpaired) electrons. The summed E-state index contributed by atoms with van der Waals surface area (Å²) in [7, 11) is -3.38. The first-order chi connectivity index (χ1) is 12.6. The molecule has 0 saturated heterocycles. The number of rotatable bonds is 8. The number of allylic oxidation sites excluding steroid dienone is 6. The Balaban J connectivity index is 2.49. The monoisotopic (exact) mass is 390 g/mol. The quantitative estimate of drug-likeness (QED) is 0.470. The highest BCUT2D eigenvalue weighted by molar-refractivity contribution is 7.93. The highest BCUT2D eigenvalue weighted by atomic mass is 32.2. The maximum atomic E-state index is 14.0. The summed E-state index contributed by atoms with van der Waals surface area (Å²) in [6, 6.07) is 0. The molecule has 2 nitrogen and oxygen atoms in total. The molecule has 0 fully saturated rings. The van der Waals surface area contributed by atoms with E-state index in [1.807, 2.05) is 26.0 Å². The van der Waals surface area contributed by atoms with Crippen molar-refractivity contribution >= 4 is 9.84 Å². The van der Waals surface area contributed by atoms with Gasteiger partial charge in [-0.05, 0) is 26.7 Å². The Bertz CT molecular complexity index is 695. The Kier molecular flexibility index (Phi) is 7.00. The van der Waals surface area contributed by atoms with Crippen molar-refractivity contribution in [3.63, 3.8) is 0 Å². The third-order valence-electron chi connectivity index (χ3n) is 6.43. The second-order valence-electron chi connectivity index (χ2n) is 9.14. The van der Waals surface area contributed by atoms with Crippen LogP contribution in [0.5, 0.6) is 0 Å². The first kappa shape index (κ1) is 22.2. The normalized spacial score (nSPS) is 33.7. The topological polar surface area (TPSA) is 34.1 Å². The van der Waals surface area contributed by atoms with Gasteiger partial charge in [-0.2, -0.15) is 0 Å². The molecule has 0 amide bonds. The van der Waals surface area contributed by atoms with Gasteiger partial charge in [0, 0.05) is 10.8 Å². The number of unbranched alkanes of at least 4 members (excludes halogenated alkanes) is 2. The molecule has 4 atom stereocenters. The van der Waals surface area contributed by atoms with E-state index in [9.17, 15) is 8.42 Å². The SMILES string of the molecule is CCCCC1(C)C=CC(C)=CC1S(=O)(=O)C1C=C(C)C=CC1(C)CCCC. The van der Waals surface area contributed by atoms with E-state index in [0.29, 0.717) is 0 Å². The molecule has 3 heteroatoms. The lowest BCUT2D eigenvalue weighted by molar-refractivity contribution is 0.349. The average molecular weight is 391 g/mol. The van der Waals surface area contributed by atoms with Crippen LogP contribution in [0.4, 0.5) is 0 Å². The van der Waals surface area contributed by atoms with Gasteiger partial charge in [0.1, 0.15) is 0 Å². The van der Waals surface area contributed by atoms with Crippen molar-refractivity contribution < 1.29 is 8.42 Å².